The van der Waals surface area contributed by atoms with Crippen LogP contribution in [0, 0.1) is 12.3 Å². The van der Waals surface area contributed by atoms with Crippen LogP contribution in [0.5, 0.6) is 0 Å². The summed E-state index contributed by atoms with van der Waals surface area (Å²) in [4.78, 5) is 9.35. The highest BCUT2D eigenvalue weighted by Gasteiger charge is 2.36. The fraction of sp³-hybridized carbons (Fsp3) is 0.778. The van der Waals surface area contributed by atoms with Gasteiger partial charge in [-0.05, 0) is 44.9 Å². The Balaban J connectivity index is 1.75. The molecule has 0 radical (unpaired) electrons. The minimum Gasteiger partial charge on any atom is -0.385 e. The average molecular weight is 353 g/mol. The molecule has 0 atom stereocenters. The zero-order valence-corrected chi connectivity index (χ0v) is 16.2. The van der Waals surface area contributed by atoms with Crippen molar-refractivity contribution in [2.24, 2.45) is 10.4 Å². The number of hydrogen-bond acceptors (Lipinski definition) is 4. The van der Waals surface area contributed by atoms with Crippen molar-refractivity contribution < 1.29 is 4.74 Å². The Morgan fingerprint density at radius 3 is 2.83 bits per heavy atom. The molecule has 1 aliphatic rings. The van der Waals surface area contributed by atoms with E-state index in [-0.39, 0.29) is 0 Å². The maximum absolute atomic E-state index is 5.27. The molecule has 0 spiro atoms. The first kappa shape index (κ1) is 19.2. The molecule has 1 aromatic rings. The number of guanidine groups is 1. The number of nitrogens with one attached hydrogen (secondary N) is 2. The summed E-state index contributed by atoms with van der Waals surface area (Å²) in [5.41, 5.74) is 1.50. The highest BCUT2D eigenvalue weighted by Crippen LogP contribution is 2.44. The van der Waals surface area contributed by atoms with Crippen molar-refractivity contribution in [2.75, 3.05) is 33.4 Å². The van der Waals surface area contributed by atoms with Gasteiger partial charge in [-0.1, -0.05) is 6.42 Å². The van der Waals surface area contributed by atoms with E-state index in [1.807, 2.05) is 6.92 Å². The molecular formula is C18H32N4OS. The Morgan fingerprint density at radius 1 is 1.42 bits per heavy atom. The fourth-order valence-corrected chi connectivity index (χ4v) is 3.85. The van der Waals surface area contributed by atoms with Crippen LogP contribution < -0.4 is 10.6 Å². The monoisotopic (exact) mass is 352 g/mol. The van der Waals surface area contributed by atoms with Crippen molar-refractivity contribution in [2.45, 2.75) is 52.4 Å². The quantitative estimate of drug-likeness (QED) is 0.386. The Hall–Kier alpha value is -1.14. The van der Waals surface area contributed by atoms with Gasteiger partial charge < -0.3 is 15.4 Å². The average Bonchev–Trinajstić information content (AvgIpc) is 2.95. The van der Waals surface area contributed by atoms with Gasteiger partial charge in [0.2, 0.25) is 0 Å². The molecule has 0 amide bonds. The lowest BCUT2D eigenvalue weighted by molar-refractivity contribution is 0.0778. The largest absolute Gasteiger partial charge is 0.385 e. The van der Waals surface area contributed by atoms with Gasteiger partial charge in [-0.25, -0.2) is 4.98 Å². The number of nitrogens with zero attached hydrogens (tertiary/aromatic N) is 2. The first-order valence-electron chi connectivity index (χ1n) is 9.09. The van der Waals surface area contributed by atoms with Crippen LogP contribution in [0.3, 0.4) is 0 Å². The zero-order chi connectivity index (χ0) is 17.3. The van der Waals surface area contributed by atoms with Crippen LogP contribution in [0.1, 0.15) is 49.7 Å². The number of aromatic nitrogens is 1. The molecule has 1 saturated carbocycles. The molecular weight excluding hydrogens is 320 g/mol. The lowest BCUT2D eigenvalue weighted by Gasteiger charge is -2.40. The third-order valence-corrected chi connectivity index (χ3v) is 5.72. The number of ether oxygens (including phenoxy) is 1. The third-order valence-electron chi connectivity index (χ3n) is 4.69. The number of thiazole rings is 1. The Bertz CT molecular complexity index is 511. The summed E-state index contributed by atoms with van der Waals surface area (Å²) >= 11 is 1.75. The summed E-state index contributed by atoms with van der Waals surface area (Å²) < 4.78 is 5.27. The molecule has 0 aromatic carbocycles. The normalized spacial score (nSPS) is 16.7. The molecule has 1 heterocycles. The second-order valence-electron chi connectivity index (χ2n) is 6.70. The predicted molar refractivity (Wildman–Crippen MR) is 102 cm³/mol. The third kappa shape index (κ3) is 6.06. The van der Waals surface area contributed by atoms with E-state index < -0.39 is 0 Å². The molecule has 1 fully saturated rings. The highest BCUT2D eigenvalue weighted by molar-refractivity contribution is 7.09. The van der Waals surface area contributed by atoms with E-state index in [1.165, 1.54) is 24.3 Å². The molecule has 0 unspecified atom stereocenters. The summed E-state index contributed by atoms with van der Waals surface area (Å²) in [6, 6.07) is 0. The Labute approximate surface area is 150 Å². The van der Waals surface area contributed by atoms with Crippen LogP contribution >= 0.6 is 11.3 Å². The van der Waals surface area contributed by atoms with Gasteiger partial charge in [0.15, 0.2) is 5.96 Å². The van der Waals surface area contributed by atoms with Crippen LogP contribution in [-0.4, -0.2) is 44.3 Å². The second kappa shape index (κ2) is 9.99. The lowest BCUT2D eigenvalue weighted by atomic mass is 9.67. The van der Waals surface area contributed by atoms with E-state index in [2.05, 4.69) is 27.9 Å². The minimum atomic E-state index is 0.372. The van der Waals surface area contributed by atoms with Crippen LogP contribution in [-0.2, 0) is 11.2 Å². The van der Waals surface area contributed by atoms with E-state index in [4.69, 9.17) is 9.73 Å². The molecule has 2 rings (SSSR count). The maximum atomic E-state index is 5.27. The van der Waals surface area contributed by atoms with Gasteiger partial charge in [0.1, 0.15) is 0 Å². The fourth-order valence-electron chi connectivity index (χ4n) is 3.03. The van der Waals surface area contributed by atoms with E-state index in [9.17, 15) is 0 Å². The summed E-state index contributed by atoms with van der Waals surface area (Å²) in [5.74, 6) is 0.941. The van der Waals surface area contributed by atoms with Crippen LogP contribution in [0.4, 0.5) is 0 Å². The number of aliphatic imine (C=N–C) groups is 1. The van der Waals surface area contributed by atoms with Crippen molar-refractivity contribution in [1.82, 2.24) is 15.6 Å². The van der Waals surface area contributed by atoms with Crippen molar-refractivity contribution in [3.63, 3.8) is 0 Å². The smallest absolute Gasteiger partial charge is 0.191 e. The van der Waals surface area contributed by atoms with E-state index >= 15 is 0 Å². The summed E-state index contributed by atoms with van der Waals surface area (Å²) in [7, 11) is 1.78. The minimum absolute atomic E-state index is 0.372. The van der Waals surface area contributed by atoms with Crippen LogP contribution in [0.2, 0.25) is 0 Å². The standard InChI is InChI=1S/C18H32N4OS/c1-4-19-17(20-11-5-7-16-22-15(2)13-24-16)21-14-18(8-6-9-18)10-12-23-3/h13H,4-12,14H2,1-3H3,(H2,19,20,21). The van der Waals surface area contributed by atoms with Crippen molar-refractivity contribution in [3.05, 3.63) is 16.1 Å². The molecule has 1 aliphatic carbocycles. The van der Waals surface area contributed by atoms with Gasteiger partial charge >= 0.3 is 0 Å². The van der Waals surface area contributed by atoms with Crippen LogP contribution in [0.15, 0.2) is 10.4 Å². The SMILES string of the molecule is CCNC(=NCC1(CCOC)CCC1)NCCCc1nc(C)cs1. The number of methoxy groups -OCH3 is 1. The molecule has 136 valence electrons. The molecule has 24 heavy (non-hydrogen) atoms. The lowest BCUT2D eigenvalue weighted by Crippen LogP contribution is -2.40. The summed E-state index contributed by atoms with van der Waals surface area (Å²) in [6.07, 6.45) is 7.12. The van der Waals surface area contributed by atoms with Gasteiger partial charge in [-0.2, -0.15) is 0 Å². The Morgan fingerprint density at radius 2 is 2.25 bits per heavy atom. The predicted octanol–water partition coefficient (Wildman–Crippen LogP) is 3.15. The van der Waals surface area contributed by atoms with Gasteiger partial charge in [0.05, 0.1) is 5.01 Å². The molecule has 0 saturated heterocycles. The highest BCUT2D eigenvalue weighted by atomic mass is 32.1. The van der Waals surface area contributed by atoms with Crippen molar-refractivity contribution >= 4 is 17.3 Å². The van der Waals surface area contributed by atoms with Gasteiger partial charge in [0, 0.05) is 50.8 Å². The van der Waals surface area contributed by atoms with E-state index in [1.54, 1.807) is 18.4 Å². The van der Waals surface area contributed by atoms with Gasteiger partial charge in [-0.15, -0.1) is 11.3 Å². The molecule has 0 bridgehead atoms. The van der Waals surface area contributed by atoms with Crippen LogP contribution in [0.25, 0.3) is 0 Å². The summed E-state index contributed by atoms with van der Waals surface area (Å²) in [5, 5.41) is 10.2. The molecule has 0 aliphatic heterocycles. The first-order valence-corrected chi connectivity index (χ1v) is 9.97. The van der Waals surface area contributed by atoms with Crippen molar-refractivity contribution in [3.8, 4) is 0 Å². The molecule has 6 heteroatoms. The van der Waals surface area contributed by atoms with Gasteiger partial charge in [0.25, 0.3) is 0 Å². The maximum Gasteiger partial charge on any atom is 0.191 e. The van der Waals surface area contributed by atoms with Crippen molar-refractivity contribution in [1.29, 1.82) is 0 Å². The number of hydrogen-bond donors (Lipinski definition) is 2. The van der Waals surface area contributed by atoms with E-state index in [0.717, 1.165) is 57.2 Å². The first-order chi connectivity index (χ1) is 11.7. The number of rotatable bonds is 10. The summed E-state index contributed by atoms with van der Waals surface area (Å²) in [6.45, 7) is 7.72. The van der Waals surface area contributed by atoms with Gasteiger partial charge in [-0.3, -0.25) is 4.99 Å². The number of aryl methyl sites for hydroxylation is 2. The molecule has 1 aromatic heterocycles. The Kier molecular flexibility index (Phi) is 7.99. The molecule has 2 N–H and O–H groups in total. The zero-order valence-electron chi connectivity index (χ0n) is 15.4. The van der Waals surface area contributed by atoms with E-state index in [0.29, 0.717) is 5.41 Å². The second-order valence-corrected chi connectivity index (χ2v) is 7.65. The molecule has 5 nitrogen and oxygen atoms in total. The topological polar surface area (TPSA) is 58.5 Å².